The zero-order chi connectivity index (χ0) is 13.1. The van der Waals surface area contributed by atoms with Crippen molar-refractivity contribution in [3.63, 3.8) is 0 Å². The Morgan fingerprint density at radius 1 is 1.24 bits per heavy atom. The fraction of sp³-hybridized carbons (Fsp3) is 1.00. The smallest absolute Gasteiger partial charge is 0.0497 e. The third-order valence-corrected chi connectivity index (χ3v) is 4.28. The van der Waals surface area contributed by atoms with Crippen molar-refractivity contribution in [1.82, 2.24) is 9.80 Å². The fourth-order valence-corrected chi connectivity index (χ4v) is 2.99. The van der Waals surface area contributed by atoms with Gasteiger partial charge in [0.2, 0.25) is 0 Å². The van der Waals surface area contributed by atoms with Crippen LogP contribution in [0.5, 0.6) is 0 Å². The summed E-state index contributed by atoms with van der Waals surface area (Å²) in [4.78, 5) is 4.98. The lowest BCUT2D eigenvalue weighted by atomic mass is 9.85. The Balaban J connectivity index is 2.56. The number of aliphatic hydroxyl groups is 1. The van der Waals surface area contributed by atoms with Crippen molar-refractivity contribution in [3.05, 3.63) is 0 Å². The number of nitrogens with zero attached hydrogens (tertiary/aromatic N) is 2. The number of aliphatic hydroxyl groups excluding tert-OH is 1. The van der Waals surface area contributed by atoms with Gasteiger partial charge in [-0.3, -0.25) is 9.80 Å². The fourth-order valence-electron chi connectivity index (χ4n) is 2.99. The molecule has 0 spiro atoms. The van der Waals surface area contributed by atoms with E-state index in [1.54, 1.807) is 0 Å². The van der Waals surface area contributed by atoms with Gasteiger partial charge in [0.15, 0.2) is 0 Å². The molecule has 1 aliphatic rings. The van der Waals surface area contributed by atoms with Crippen molar-refractivity contribution < 1.29 is 5.11 Å². The summed E-state index contributed by atoms with van der Waals surface area (Å²) in [6, 6.07) is 1.23. The molecule has 0 aromatic heterocycles. The van der Waals surface area contributed by atoms with Crippen molar-refractivity contribution in [2.24, 2.45) is 5.41 Å². The average molecular weight is 242 g/mol. The van der Waals surface area contributed by atoms with Crippen LogP contribution in [0.2, 0.25) is 0 Å². The van der Waals surface area contributed by atoms with Gasteiger partial charge in [-0.1, -0.05) is 20.3 Å². The Bertz CT molecular complexity index is 222. The van der Waals surface area contributed by atoms with Crippen LogP contribution in [0.25, 0.3) is 0 Å². The van der Waals surface area contributed by atoms with E-state index in [1.165, 1.54) is 0 Å². The van der Waals surface area contributed by atoms with E-state index in [2.05, 4.69) is 44.5 Å². The van der Waals surface area contributed by atoms with Crippen LogP contribution in [-0.4, -0.2) is 60.3 Å². The van der Waals surface area contributed by atoms with E-state index < -0.39 is 0 Å². The molecule has 1 N–H and O–H groups in total. The highest BCUT2D eigenvalue weighted by Gasteiger charge is 2.31. The maximum atomic E-state index is 9.59. The minimum atomic E-state index is 0.0735. The summed E-state index contributed by atoms with van der Waals surface area (Å²) in [6.07, 6.45) is 2.26. The van der Waals surface area contributed by atoms with Crippen molar-refractivity contribution in [3.8, 4) is 0 Å². The quantitative estimate of drug-likeness (QED) is 0.796. The van der Waals surface area contributed by atoms with Gasteiger partial charge in [0.1, 0.15) is 0 Å². The highest BCUT2D eigenvalue weighted by molar-refractivity contribution is 4.86. The molecule has 1 heterocycles. The van der Waals surface area contributed by atoms with E-state index in [-0.39, 0.29) is 5.41 Å². The molecule has 0 amide bonds. The van der Waals surface area contributed by atoms with Crippen molar-refractivity contribution in [2.45, 2.75) is 52.6 Å². The summed E-state index contributed by atoms with van der Waals surface area (Å²) in [6.45, 7) is 12.6. The maximum absolute atomic E-state index is 9.59. The van der Waals surface area contributed by atoms with E-state index >= 15 is 0 Å². The molecule has 3 heteroatoms. The molecule has 102 valence electrons. The summed E-state index contributed by atoms with van der Waals surface area (Å²) in [5.41, 5.74) is 0.0735. The summed E-state index contributed by atoms with van der Waals surface area (Å²) in [7, 11) is 2.21. The number of hydrogen-bond donors (Lipinski definition) is 1. The van der Waals surface area contributed by atoms with Crippen LogP contribution in [0.3, 0.4) is 0 Å². The van der Waals surface area contributed by atoms with Crippen molar-refractivity contribution in [1.29, 1.82) is 0 Å². The molecule has 1 aliphatic heterocycles. The first kappa shape index (κ1) is 14.9. The molecule has 0 saturated carbocycles. The molecule has 0 aromatic rings. The zero-order valence-corrected chi connectivity index (χ0v) is 12.2. The topological polar surface area (TPSA) is 26.7 Å². The highest BCUT2D eigenvalue weighted by Crippen LogP contribution is 2.26. The Labute approximate surface area is 107 Å². The van der Waals surface area contributed by atoms with Gasteiger partial charge in [0, 0.05) is 43.7 Å². The molecule has 0 aromatic carbocycles. The van der Waals surface area contributed by atoms with Crippen LogP contribution >= 0.6 is 0 Å². The standard InChI is InChI=1S/C14H30N2O/c1-6-7-14(4,11-17)10-16-8-12(2)15(5)13(3)9-16/h12-13,17H,6-11H2,1-5H3. The van der Waals surface area contributed by atoms with Crippen molar-refractivity contribution in [2.75, 3.05) is 33.3 Å². The molecule has 17 heavy (non-hydrogen) atoms. The second-order valence-corrected chi connectivity index (χ2v) is 6.28. The average Bonchev–Trinajstić information content (AvgIpc) is 2.26. The summed E-state index contributed by atoms with van der Waals surface area (Å²) < 4.78 is 0. The highest BCUT2D eigenvalue weighted by atomic mass is 16.3. The molecular weight excluding hydrogens is 212 g/mol. The van der Waals surface area contributed by atoms with Gasteiger partial charge in [-0.25, -0.2) is 0 Å². The monoisotopic (exact) mass is 242 g/mol. The van der Waals surface area contributed by atoms with E-state index in [1.807, 2.05) is 0 Å². The van der Waals surface area contributed by atoms with Crippen LogP contribution < -0.4 is 0 Å². The summed E-state index contributed by atoms with van der Waals surface area (Å²) >= 11 is 0. The Morgan fingerprint density at radius 2 is 1.76 bits per heavy atom. The maximum Gasteiger partial charge on any atom is 0.0497 e. The molecule has 1 saturated heterocycles. The van der Waals surface area contributed by atoms with Crippen LogP contribution in [0.15, 0.2) is 0 Å². The molecule has 1 fully saturated rings. The zero-order valence-electron chi connectivity index (χ0n) is 12.2. The second kappa shape index (κ2) is 6.17. The predicted octanol–water partition coefficient (Wildman–Crippen LogP) is 1.81. The first-order chi connectivity index (χ1) is 7.91. The van der Waals surface area contributed by atoms with Gasteiger partial charge in [0.25, 0.3) is 0 Å². The van der Waals surface area contributed by atoms with Crippen LogP contribution in [0, 0.1) is 5.41 Å². The third kappa shape index (κ3) is 3.94. The van der Waals surface area contributed by atoms with E-state index in [4.69, 9.17) is 0 Å². The number of rotatable bonds is 5. The Morgan fingerprint density at radius 3 is 2.18 bits per heavy atom. The van der Waals surface area contributed by atoms with Gasteiger partial charge in [-0.15, -0.1) is 0 Å². The second-order valence-electron chi connectivity index (χ2n) is 6.28. The molecule has 0 aliphatic carbocycles. The normalized spacial score (nSPS) is 31.4. The lowest BCUT2D eigenvalue weighted by Crippen LogP contribution is -2.56. The van der Waals surface area contributed by atoms with Crippen LogP contribution in [0.4, 0.5) is 0 Å². The first-order valence-electron chi connectivity index (χ1n) is 6.97. The van der Waals surface area contributed by atoms with Gasteiger partial charge in [0.05, 0.1) is 0 Å². The van der Waals surface area contributed by atoms with Gasteiger partial charge < -0.3 is 5.11 Å². The van der Waals surface area contributed by atoms with E-state index in [9.17, 15) is 5.11 Å². The lowest BCUT2D eigenvalue weighted by Gasteiger charge is -2.45. The predicted molar refractivity (Wildman–Crippen MR) is 73.2 cm³/mol. The van der Waals surface area contributed by atoms with Gasteiger partial charge >= 0.3 is 0 Å². The van der Waals surface area contributed by atoms with Gasteiger partial charge in [-0.05, 0) is 27.3 Å². The Hall–Kier alpha value is -0.120. The first-order valence-corrected chi connectivity index (χ1v) is 6.97. The summed E-state index contributed by atoms with van der Waals surface area (Å²) in [5, 5.41) is 9.59. The number of likely N-dealkylation sites (N-methyl/N-ethyl adjacent to an activating group) is 1. The largest absolute Gasteiger partial charge is 0.396 e. The van der Waals surface area contributed by atoms with Crippen LogP contribution in [-0.2, 0) is 0 Å². The SMILES string of the molecule is CCCC(C)(CO)CN1CC(C)N(C)C(C)C1. The van der Waals surface area contributed by atoms with Crippen LogP contribution in [0.1, 0.15) is 40.5 Å². The molecule has 3 atom stereocenters. The van der Waals surface area contributed by atoms with Crippen molar-refractivity contribution >= 4 is 0 Å². The van der Waals surface area contributed by atoms with E-state index in [0.29, 0.717) is 18.7 Å². The Kier molecular flexibility index (Phi) is 5.42. The minimum Gasteiger partial charge on any atom is -0.396 e. The van der Waals surface area contributed by atoms with Gasteiger partial charge in [-0.2, -0.15) is 0 Å². The minimum absolute atomic E-state index is 0.0735. The molecule has 1 rings (SSSR count). The number of hydrogen-bond acceptors (Lipinski definition) is 3. The summed E-state index contributed by atoms with van der Waals surface area (Å²) in [5.74, 6) is 0. The molecule has 3 unspecified atom stereocenters. The lowest BCUT2D eigenvalue weighted by molar-refractivity contribution is 0.0149. The molecule has 3 nitrogen and oxygen atoms in total. The third-order valence-electron chi connectivity index (χ3n) is 4.28. The van der Waals surface area contributed by atoms with E-state index in [0.717, 1.165) is 32.5 Å². The molecule has 0 bridgehead atoms. The number of piperazine rings is 1. The molecule has 0 radical (unpaired) electrons. The molecular formula is C14H30N2O.